The first-order chi connectivity index (χ1) is 5.81. The van der Waals surface area contributed by atoms with Crippen molar-refractivity contribution in [2.45, 2.75) is 32.1 Å². The lowest BCUT2D eigenvalue weighted by Gasteiger charge is -2.01. The number of hydrogen-bond acceptors (Lipinski definition) is 2. The molecule has 64 valence electrons. The van der Waals surface area contributed by atoms with Crippen LogP contribution in [0, 0.1) is 0 Å². The Morgan fingerprint density at radius 3 is 2.83 bits per heavy atom. The van der Waals surface area contributed by atoms with Gasteiger partial charge in [0, 0.05) is 17.7 Å². The van der Waals surface area contributed by atoms with Gasteiger partial charge < -0.3 is 0 Å². The number of hydrogen-bond donors (Lipinski definition) is 0. The highest BCUT2D eigenvalue weighted by atomic mass is 35.5. The van der Waals surface area contributed by atoms with Crippen molar-refractivity contribution in [3.8, 4) is 0 Å². The summed E-state index contributed by atoms with van der Waals surface area (Å²) >= 11 is 5.95. The maximum atomic E-state index is 5.95. The van der Waals surface area contributed by atoms with Crippen LogP contribution in [0.15, 0.2) is 6.20 Å². The van der Waals surface area contributed by atoms with Gasteiger partial charge in [0.25, 0.3) is 0 Å². The smallest absolute Gasteiger partial charge is 0.135 e. The topological polar surface area (TPSA) is 25.8 Å². The van der Waals surface area contributed by atoms with E-state index in [2.05, 4.69) is 16.9 Å². The maximum Gasteiger partial charge on any atom is 0.135 e. The van der Waals surface area contributed by atoms with Gasteiger partial charge in [-0.2, -0.15) is 0 Å². The highest BCUT2D eigenvalue weighted by molar-refractivity contribution is 6.30. The van der Waals surface area contributed by atoms with Crippen LogP contribution in [0.25, 0.3) is 0 Å². The standard InChI is InChI=1S/C9H11ClN2/c1-2-6-5-11-9(7-3-4-7)12-8(6)10/h5,7H,2-4H2,1H3. The predicted octanol–water partition coefficient (Wildman–Crippen LogP) is 2.57. The predicted molar refractivity (Wildman–Crippen MR) is 48.4 cm³/mol. The molecule has 0 amide bonds. The summed E-state index contributed by atoms with van der Waals surface area (Å²) in [4.78, 5) is 8.54. The number of nitrogens with zero attached hydrogens (tertiary/aromatic N) is 2. The molecule has 1 aromatic heterocycles. The fourth-order valence-corrected chi connectivity index (χ4v) is 1.44. The molecule has 0 N–H and O–H groups in total. The van der Waals surface area contributed by atoms with E-state index in [0.29, 0.717) is 11.1 Å². The molecule has 0 aromatic carbocycles. The van der Waals surface area contributed by atoms with E-state index in [1.165, 1.54) is 12.8 Å². The number of rotatable bonds is 2. The molecule has 1 heterocycles. The molecule has 0 bridgehead atoms. The van der Waals surface area contributed by atoms with Crippen LogP contribution < -0.4 is 0 Å². The number of aryl methyl sites for hydroxylation is 1. The van der Waals surface area contributed by atoms with E-state index in [0.717, 1.165) is 17.8 Å². The van der Waals surface area contributed by atoms with Gasteiger partial charge in [0.05, 0.1) is 0 Å². The van der Waals surface area contributed by atoms with Crippen LogP contribution in [0.2, 0.25) is 5.15 Å². The Hall–Kier alpha value is -0.630. The van der Waals surface area contributed by atoms with Gasteiger partial charge in [-0.25, -0.2) is 9.97 Å². The van der Waals surface area contributed by atoms with E-state index >= 15 is 0 Å². The summed E-state index contributed by atoms with van der Waals surface area (Å²) in [5, 5.41) is 0.634. The van der Waals surface area contributed by atoms with Crippen molar-refractivity contribution in [3.05, 3.63) is 22.7 Å². The van der Waals surface area contributed by atoms with Crippen LogP contribution in [-0.2, 0) is 6.42 Å². The van der Waals surface area contributed by atoms with Crippen LogP contribution in [0.4, 0.5) is 0 Å². The molecule has 1 fully saturated rings. The summed E-state index contributed by atoms with van der Waals surface area (Å²) < 4.78 is 0. The summed E-state index contributed by atoms with van der Waals surface area (Å²) in [5.74, 6) is 1.52. The zero-order chi connectivity index (χ0) is 8.55. The minimum absolute atomic E-state index is 0.591. The highest BCUT2D eigenvalue weighted by Gasteiger charge is 2.26. The summed E-state index contributed by atoms with van der Waals surface area (Å²) in [6.45, 7) is 2.06. The van der Waals surface area contributed by atoms with Gasteiger partial charge in [0.1, 0.15) is 11.0 Å². The van der Waals surface area contributed by atoms with Gasteiger partial charge >= 0.3 is 0 Å². The third-order valence-electron chi connectivity index (χ3n) is 2.15. The molecule has 0 aliphatic heterocycles. The molecule has 1 aliphatic carbocycles. The van der Waals surface area contributed by atoms with Gasteiger partial charge in [-0.3, -0.25) is 0 Å². The third kappa shape index (κ3) is 1.44. The lowest BCUT2D eigenvalue weighted by molar-refractivity contribution is 0.903. The average molecular weight is 183 g/mol. The quantitative estimate of drug-likeness (QED) is 0.657. The Morgan fingerprint density at radius 1 is 1.58 bits per heavy atom. The first-order valence-corrected chi connectivity index (χ1v) is 4.70. The zero-order valence-corrected chi connectivity index (χ0v) is 7.80. The molecular formula is C9H11ClN2. The zero-order valence-electron chi connectivity index (χ0n) is 7.05. The minimum Gasteiger partial charge on any atom is -0.241 e. The van der Waals surface area contributed by atoms with E-state index in [1.54, 1.807) is 0 Å². The van der Waals surface area contributed by atoms with E-state index in [-0.39, 0.29) is 0 Å². The molecule has 3 heteroatoms. The van der Waals surface area contributed by atoms with E-state index < -0.39 is 0 Å². The van der Waals surface area contributed by atoms with Crippen molar-refractivity contribution in [2.75, 3.05) is 0 Å². The van der Waals surface area contributed by atoms with Gasteiger partial charge in [-0.15, -0.1) is 0 Å². The first-order valence-electron chi connectivity index (χ1n) is 4.32. The molecular weight excluding hydrogens is 172 g/mol. The summed E-state index contributed by atoms with van der Waals surface area (Å²) in [5.41, 5.74) is 1.04. The molecule has 0 saturated heterocycles. The van der Waals surface area contributed by atoms with Crippen molar-refractivity contribution in [1.82, 2.24) is 9.97 Å². The fraction of sp³-hybridized carbons (Fsp3) is 0.556. The van der Waals surface area contributed by atoms with Gasteiger partial charge in [0.2, 0.25) is 0 Å². The number of halogens is 1. The molecule has 1 aromatic rings. The second-order valence-corrected chi connectivity index (χ2v) is 3.53. The lowest BCUT2D eigenvalue weighted by atomic mass is 10.2. The average Bonchev–Trinajstić information content (AvgIpc) is 2.86. The Bertz CT molecular complexity index is 295. The Balaban J connectivity index is 2.30. The van der Waals surface area contributed by atoms with Crippen molar-refractivity contribution >= 4 is 11.6 Å². The van der Waals surface area contributed by atoms with Crippen molar-refractivity contribution in [2.24, 2.45) is 0 Å². The van der Waals surface area contributed by atoms with Crippen LogP contribution in [0.3, 0.4) is 0 Å². The van der Waals surface area contributed by atoms with E-state index in [9.17, 15) is 0 Å². The molecule has 2 nitrogen and oxygen atoms in total. The van der Waals surface area contributed by atoms with Gasteiger partial charge in [-0.1, -0.05) is 18.5 Å². The molecule has 0 radical (unpaired) electrons. The summed E-state index contributed by atoms with van der Waals surface area (Å²) in [6.07, 6.45) is 5.20. The molecule has 2 rings (SSSR count). The largest absolute Gasteiger partial charge is 0.241 e. The van der Waals surface area contributed by atoms with Crippen molar-refractivity contribution in [3.63, 3.8) is 0 Å². The van der Waals surface area contributed by atoms with Crippen LogP contribution in [0.1, 0.15) is 37.1 Å². The summed E-state index contributed by atoms with van der Waals surface area (Å²) in [7, 11) is 0. The molecule has 0 unspecified atom stereocenters. The summed E-state index contributed by atoms with van der Waals surface area (Å²) in [6, 6.07) is 0. The van der Waals surface area contributed by atoms with Crippen molar-refractivity contribution in [1.29, 1.82) is 0 Å². The SMILES string of the molecule is CCc1cnc(C2CC2)nc1Cl. The van der Waals surface area contributed by atoms with E-state index in [1.807, 2.05) is 6.20 Å². The third-order valence-corrected chi connectivity index (χ3v) is 2.48. The fourth-order valence-electron chi connectivity index (χ4n) is 1.17. The highest BCUT2D eigenvalue weighted by Crippen LogP contribution is 2.38. The Labute approximate surface area is 77.0 Å². The first kappa shape index (κ1) is 7.99. The number of aromatic nitrogens is 2. The van der Waals surface area contributed by atoms with Gasteiger partial charge in [-0.05, 0) is 19.3 Å². The van der Waals surface area contributed by atoms with Gasteiger partial charge in [0.15, 0.2) is 0 Å². The Kier molecular flexibility index (Phi) is 2.01. The normalized spacial score (nSPS) is 16.5. The maximum absolute atomic E-state index is 5.95. The molecule has 12 heavy (non-hydrogen) atoms. The monoisotopic (exact) mass is 182 g/mol. The molecule has 1 saturated carbocycles. The Morgan fingerprint density at radius 2 is 2.33 bits per heavy atom. The second-order valence-electron chi connectivity index (χ2n) is 3.17. The van der Waals surface area contributed by atoms with Crippen LogP contribution >= 0.6 is 11.6 Å². The molecule has 1 aliphatic rings. The lowest BCUT2D eigenvalue weighted by Crippen LogP contribution is -1.95. The molecule has 0 spiro atoms. The van der Waals surface area contributed by atoms with Crippen LogP contribution in [-0.4, -0.2) is 9.97 Å². The minimum atomic E-state index is 0.591. The van der Waals surface area contributed by atoms with E-state index in [4.69, 9.17) is 11.6 Å². The van der Waals surface area contributed by atoms with Crippen LogP contribution in [0.5, 0.6) is 0 Å². The van der Waals surface area contributed by atoms with Crippen molar-refractivity contribution < 1.29 is 0 Å². The molecule has 0 atom stereocenters. The second kappa shape index (κ2) is 3.02.